The molecule has 174 valence electrons. The van der Waals surface area contributed by atoms with E-state index < -0.39 is 5.82 Å². The first-order valence-electron chi connectivity index (χ1n) is 10.6. The monoisotopic (exact) mass is 518 g/mol. The lowest BCUT2D eigenvalue weighted by Gasteiger charge is -2.33. The number of ether oxygens (including phenoxy) is 1. The summed E-state index contributed by atoms with van der Waals surface area (Å²) in [5.41, 5.74) is 0.289. The normalized spacial score (nSPS) is 23.8. The van der Waals surface area contributed by atoms with Crippen LogP contribution in [0.3, 0.4) is 0 Å². The average molecular weight is 520 g/mol. The summed E-state index contributed by atoms with van der Waals surface area (Å²) >= 11 is 19.9. The molecule has 1 N–H and O–H groups in total. The van der Waals surface area contributed by atoms with Gasteiger partial charge in [-0.25, -0.2) is 9.37 Å². The molecule has 32 heavy (non-hydrogen) atoms. The zero-order valence-electron chi connectivity index (χ0n) is 18.0. The predicted molar refractivity (Wildman–Crippen MR) is 132 cm³/mol. The van der Waals surface area contributed by atoms with E-state index in [1.807, 2.05) is 0 Å². The first-order valence-corrected chi connectivity index (χ1v) is 12.5. The third-order valence-corrected chi connectivity index (χ3v) is 8.07. The molecule has 0 radical (unpaired) electrons. The maximum absolute atomic E-state index is 15.2. The van der Waals surface area contributed by atoms with Crippen molar-refractivity contribution < 1.29 is 9.13 Å². The van der Waals surface area contributed by atoms with Crippen molar-refractivity contribution in [1.29, 1.82) is 0 Å². The van der Waals surface area contributed by atoms with Gasteiger partial charge in [-0.1, -0.05) is 47.8 Å². The van der Waals surface area contributed by atoms with Crippen molar-refractivity contribution in [3.8, 4) is 0 Å². The Labute approximate surface area is 207 Å². The average Bonchev–Trinajstić information content (AvgIpc) is 3.37. The fourth-order valence-corrected chi connectivity index (χ4v) is 5.90. The summed E-state index contributed by atoms with van der Waals surface area (Å²) in [6.07, 6.45) is 2.07. The number of hydrogen-bond donors (Lipinski definition) is 1. The Morgan fingerprint density at radius 2 is 2.12 bits per heavy atom. The van der Waals surface area contributed by atoms with Gasteiger partial charge < -0.3 is 19.3 Å². The number of aromatic nitrogens is 1. The van der Waals surface area contributed by atoms with Crippen LogP contribution in [0.2, 0.25) is 15.2 Å². The molecule has 2 aliphatic rings. The zero-order valence-corrected chi connectivity index (χ0v) is 21.1. The molecule has 0 saturated carbocycles. The van der Waals surface area contributed by atoms with Crippen molar-refractivity contribution in [2.75, 3.05) is 49.5 Å². The number of pyridine rings is 1. The molecule has 2 aliphatic heterocycles. The zero-order chi connectivity index (χ0) is 22.9. The first-order chi connectivity index (χ1) is 15.3. The summed E-state index contributed by atoms with van der Waals surface area (Å²) in [5.74, 6) is 0.653. The standard InChI is InChI=1S/C22H26Cl3FN4OS/c1-14-6-8-29(11-14)12-22(31-2)7-9-30(13-22)16-10-15(23)21(20(26)19(16)25)32-28-18-5-3-4-17(24)27-18/h3-5,10,14H,6-9,11-13H2,1-2H3,(H,27,28)/t14-,22+/m0/s1. The van der Waals surface area contributed by atoms with Crippen LogP contribution >= 0.6 is 46.8 Å². The van der Waals surface area contributed by atoms with Gasteiger partial charge >= 0.3 is 0 Å². The van der Waals surface area contributed by atoms with E-state index in [0.717, 1.165) is 44.5 Å². The maximum Gasteiger partial charge on any atom is 0.160 e. The molecule has 0 aliphatic carbocycles. The number of benzene rings is 1. The van der Waals surface area contributed by atoms with Gasteiger partial charge in [0, 0.05) is 33.3 Å². The molecular formula is C22H26Cl3FN4OS. The van der Waals surface area contributed by atoms with Crippen LogP contribution in [0.5, 0.6) is 0 Å². The van der Waals surface area contributed by atoms with Gasteiger partial charge in [-0.05, 0) is 55.5 Å². The highest BCUT2D eigenvalue weighted by atomic mass is 35.5. The summed E-state index contributed by atoms with van der Waals surface area (Å²) < 4.78 is 24.2. The minimum atomic E-state index is -0.558. The van der Waals surface area contributed by atoms with Gasteiger partial charge in [0.05, 0.1) is 21.2 Å². The van der Waals surface area contributed by atoms with Crippen molar-refractivity contribution >= 4 is 58.3 Å². The number of nitrogens with zero attached hydrogens (tertiary/aromatic N) is 3. The number of nitrogens with one attached hydrogen (secondary N) is 1. The summed E-state index contributed by atoms with van der Waals surface area (Å²) in [6, 6.07) is 6.88. The molecule has 0 bridgehead atoms. The van der Waals surface area contributed by atoms with Gasteiger partial charge in [0.2, 0.25) is 0 Å². The summed E-state index contributed by atoms with van der Waals surface area (Å²) in [6.45, 7) is 6.69. The highest BCUT2D eigenvalue weighted by Crippen LogP contribution is 2.42. The summed E-state index contributed by atoms with van der Waals surface area (Å²) in [7, 11) is 1.76. The fourth-order valence-electron chi connectivity index (χ4n) is 4.45. The maximum atomic E-state index is 15.2. The van der Waals surface area contributed by atoms with E-state index in [-0.39, 0.29) is 20.5 Å². The Bertz CT molecular complexity index is 984. The topological polar surface area (TPSA) is 40.6 Å². The highest BCUT2D eigenvalue weighted by molar-refractivity contribution is 8.00. The fraction of sp³-hybridized carbons (Fsp3) is 0.500. The summed E-state index contributed by atoms with van der Waals surface area (Å²) in [4.78, 5) is 8.88. The number of likely N-dealkylation sites (tertiary alicyclic amines) is 1. The number of hydrogen-bond acceptors (Lipinski definition) is 6. The van der Waals surface area contributed by atoms with Crippen molar-refractivity contribution in [3.63, 3.8) is 0 Å². The SMILES string of the molecule is CO[C@@]1(CN2CC[C@H](C)C2)CCN(c2cc(Cl)c(SNc3cccc(Cl)n3)c(F)c2Cl)C1. The number of anilines is 2. The molecule has 1 aromatic heterocycles. The Morgan fingerprint density at radius 1 is 1.31 bits per heavy atom. The van der Waals surface area contributed by atoms with E-state index in [1.54, 1.807) is 31.4 Å². The Morgan fingerprint density at radius 3 is 2.81 bits per heavy atom. The molecule has 1 aromatic carbocycles. The van der Waals surface area contributed by atoms with E-state index in [0.29, 0.717) is 29.1 Å². The van der Waals surface area contributed by atoms with Crippen LogP contribution in [0.15, 0.2) is 29.2 Å². The molecule has 2 aromatic rings. The molecular weight excluding hydrogens is 494 g/mol. The van der Waals surface area contributed by atoms with Gasteiger partial charge in [0.25, 0.3) is 0 Å². The van der Waals surface area contributed by atoms with E-state index in [1.165, 1.54) is 6.42 Å². The molecule has 0 unspecified atom stereocenters. The van der Waals surface area contributed by atoms with Crippen molar-refractivity contribution in [3.05, 3.63) is 45.3 Å². The van der Waals surface area contributed by atoms with E-state index in [4.69, 9.17) is 39.5 Å². The van der Waals surface area contributed by atoms with Gasteiger partial charge in [-0.15, -0.1) is 0 Å². The molecule has 2 saturated heterocycles. The van der Waals surface area contributed by atoms with Crippen LogP contribution in [0.25, 0.3) is 0 Å². The second-order valence-corrected chi connectivity index (χ2v) is 10.6. The molecule has 4 rings (SSSR count). The minimum absolute atomic E-state index is 0.0550. The van der Waals surface area contributed by atoms with Crippen LogP contribution in [-0.4, -0.2) is 55.3 Å². The van der Waals surface area contributed by atoms with E-state index >= 15 is 4.39 Å². The van der Waals surface area contributed by atoms with Gasteiger partial charge in [-0.2, -0.15) is 0 Å². The second-order valence-electron chi connectivity index (χ2n) is 8.57. The first kappa shape index (κ1) is 24.2. The third-order valence-electron chi connectivity index (χ3n) is 6.18. The lowest BCUT2D eigenvalue weighted by Crippen LogP contribution is -2.46. The minimum Gasteiger partial charge on any atom is -0.375 e. The van der Waals surface area contributed by atoms with E-state index in [9.17, 15) is 0 Å². The Kier molecular flexibility index (Phi) is 7.64. The van der Waals surface area contributed by atoms with Crippen LogP contribution in [0.1, 0.15) is 19.8 Å². The molecule has 0 amide bonds. The van der Waals surface area contributed by atoms with Crippen LogP contribution in [-0.2, 0) is 4.74 Å². The molecule has 5 nitrogen and oxygen atoms in total. The van der Waals surface area contributed by atoms with Crippen LogP contribution < -0.4 is 9.62 Å². The largest absolute Gasteiger partial charge is 0.375 e. The number of halogens is 4. The number of methoxy groups -OCH3 is 1. The van der Waals surface area contributed by atoms with Gasteiger partial charge in [0.15, 0.2) is 5.82 Å². The van der Waals surface area contributed by atoms with Crippen LogP contribution in [0, 0.1) is 11.7 Å². The third kappa shape index (κ3) is 5.24. The highest BCUT2D eigenvalue weighted by Gasteiger charge is 2.41. The Balaban J connectivity index is 1.49. The summed E-state index contributed by atoms with van der Waals surface area (Å²) in [5, 5.41) is 0.679. The molecule has 0 spiro atoms. The smallest absolute Gasteiger partial charge is 0.160 e. The lowest BCUT2D eigenvalue weighted by atomic mass is 10.0. The Hall–Kier alpha value is -0.960. The predicted octanol–water partition coefficient (Wildman–Crippen LogP) is 6.24. The molecule has 2 fully saturated rings. The van der Waals surface area contributed by atoms with Gasteiger partial charge in [-0.3, -0.25) is 0 Å². The van der Waals surface area contributed by atoms with Crippen molar-refractivity contribution in [1.82, 2.24) is 9.88 Å². The molecule has 3 heterocycles. The van der Waals surface area contributed by atoms with Crippen molar-refractivity contribution in [2.24, 2.45) is 5.92 Å². The lowest BCUT2D eigenvalue weighted by molar-refractivity contribution is -0.0156. The van der Waals surface area contributed by atoms with E-state index in [2.05, 4.69) is 26.4 Å². The van der Waals surface area contributed by atoms with Crippen molar-refractivity contribution in [2.45, 2.75) is 30.3 Å². The van der Waals surface area contributed by atoms with Crippen LogP contribution in [0.4, 0.5) is 15.9 Å². The molecule has 10 heteroatoms. The van der Waals surface area contributed by atoms with Gasteiger partial charge in [0.1, 0.15) is 16.0 Å². The second kappa shape index (κ2) is 10.1. The number of rotatable bonds is 7. The molecule has 2 atom stereocenters. The quantitative estimate of drug-likeness (QED) is 0.265.